The third-order valence-electron chi connectivity index (χ3n) is 3.41. The Hall–Kier alpha value is -0.610. The first-order valence-corrected chi connectivity index (χ1v) is 5.78. The van der Waals surface area contributed by atoms with Gasteiger partial charge in [-0.25, -0.2) is 0 Å². The Morgan fingerprint density at radius 1 is 1.67 bits per heavy atom. The molecule has 0 aromatic rings. The summed E-state index contributed by atoms with van der Waals surface area (Å²) in [6.07, 6.45) is 2.78. The van der Waals surface area contributed by atoms with Gasteiger partial charge in [0.15, 0.2) is 0 Å². The van der Waals surface area contributed by atoms with Gasteiger partial charge >= 0.3 is 0 Å². The smallest absolute Gasteiger partial charge is 0.240 e. The summed E-state index contributed by atoms with van der Waals surface area (Å²) in [5, 5.41) is 9.13. The normalized spacial score (nSPS) is 25.3. The molecule has 0 saturated carbocycles. The van der Waals surface area contributed by atoms with Gasteiger partial charge in [-0.15, -0.1) is 0 Å². The topological polar surface area (TPSA) is 66.6 Å². The highest BCUT2D eigenvalue weighted by molar-refractivity contribution is 5.82. The third-order valence-corrected chi connectivity index (χ3v) is 3.41. The van der Waals surface area contributed by atoms with E-state index in [1.165, 1.54) is 0 Å². The lowest BCUT2D eigenvalue weighted by atomic mass is 9.98. The van der Waals surface area contributed by atoms with Gasteiger partial charge in [0.1, 0.15) is 0 Å². The number of aliphatic hydroxyl groups is 1. The molecule has 88 valence electrons. The second kappa shape index (κ2) is 5.47. The minimum absolute atomic E-state index is 0.000833. The standard InChI is InChI=1S/C11H22N2O2/c1-3-8(2)10(12)11(15)13-6-4-5-9(13)7-14/h8-10,14H,3-7,12H2,1-2H3/t8?,9-,10?/m0/s1. The van der Waals surface area contributed by atoms with Crippen molar-refractivity contribution in [1.29, 1.82) is 0 Å². The Balaban J connectivity index is 2.59. The lowest BCUT2D eigenvalue weighted by Crippen LogP contribution is -2.49. The summed E-state index contributed by atoms with van der Waals surface area (Å²) in [7, 11) is 0. The first-order chi connectivity index (χ1) is 7.11. The van der Waals surface area contributed by atoms with Crippen LogP contribution in [0, 0.1) is 5.92 Å². The van der Waals surface area contributed by atoms with E-state index in [9.17, 15) is 4.79 Å². The fourth-order valence-corrected chi connectivity index (χ4v) is 2.00. The predicted molar refractivity (Wildman–Crippen MR) is 59.3 cm³/mol. The Labute approximate surface area is 91.4 Å². The van der Waals surface area contributed by atoms with E-state index in [0.717, 1.165) is 25.8 Å². The summed E-state index contributed by atoms with van der Waals surface area (Å²) in [6, 6.07) is -0.422. The highest BCUT2D eigenvalue weighted by atomic mass is 16.3. The van der Waals surface area contributed by atoms with E-state index < -0.39 is 6.04 Å². The molecule has 1 rings (SSSR count). The average molecular weight is 214 g/mol. The van der Waals surface area contributed by atoms with E-state index in [1.807, 2.05) is 13.8 Å². The zero-order valence-electron chi connectivity index (χ0n) is 9.65. The molecule has 1 amide bonds. The number of nitrogens with two attached hydrogens (primary N) is 1. The molecule has 4 heteroatoms. The van der Waals surface area contributed by atoms with Crippen molar-refractivity contribution in [2.75, 3.05) is 13.2 Å². The van der Waals surface area contributed by atoms with Crippen LogP contribution >= 0.6 is 0 Å². The fraction of sp³-hybridized carbons (Fsp3) is 0.909. The summed E-state index contributed by atoms with van der Waals surface area (Å²) in [4.78, 5) is 13.8. The number of aliphatic hydroxyl groups excluding tert-OH is 1. The van der Waals surface area contributed by atoms with Crippen LogP contribution in [-0.4, -0.2) is 41.1 Å². The van der Waals surface area contributed by atoms with E-state index >= 15 is 0 Å². The molecule has 1 aliphatic rings. The van der Waals surface area contributed by atoms with Crippen LogP contribution in [0.1, 0.15) is 33.1 Å². The maximum Gasteiger partial charge on any atom is 0.240 e. The van der Waals surface area contributed by atoms with E-state index in [2.05, 4.69) is 0 Å². The number of carbonyl (C=O) groups is 1. The highest BCUT2D eigenvalue weighted by Gasteiger charge is 2.32. The largest absolute Gasteiger partial charge is 0.394 e. The summed E-state index contributed by atoms with van der Waals surface area (Å²) < 4.78 is 0. The molecule has 1 aliphatic heterocycles. The molecule has 2 unspecified atom stereocenters. The maximum absolute atomic E-state index is 12.0. The summed E-state index contributed by atoms with van der Waals surface area (Å²) in [5.41, 5.74) is 5.90. The van der Waals surface area contributed by atoms with Crippen molar-refractivity contribution in [3.8, 4) is 0 Å². The van der Waals surface area contributed by atoms with Crippen LogP contribution in [0.25, 0.3) is 0 Å². The molecule has 1 saturated heterocycles. The van der Waals surface area contributed by atoms with Crippen LogP contribution < -0.4 is 5.73 Å². The van der Waals surface area contributed by atoms with Crippen LogP contribution in [-0.2, 0) is 4.79 Å². The Kier molecular flexibility index (Phi) is 4.54. The van der Waals surface area contributed by atoms with Gasteiger partial charge in [0.05, 0.1) is 18.7 Å². The molecule has 0 aliphatic carbocycles. The molecule has 0 spiro atoms. The van der Waals surface area contributed by atoms with Crippen molar-refractivity contribution in [1.82, 2.24) is 4.90 Å². The zero-order valence-corrected chi connectivity index (χ0v) is 9.65. The molecule has 3 atom stereocenters. The molecule has 0 aromatic heterocycles. The number of hydrogen-bond acceptors (Lipinski definition) is 3. The molecular formula is C11H22N2O2. The molecule has 4 nitrogen and oxygen atoms in total. The van der Waals surface area contributed by atoms with Crippen molar-refractivity contribution in [3.63, 3.8) is 0 Å². The number of amides is 1. The van der Waals surface area contributed by atoms with E-state index in [-0.39, 0.29) is 24.5 Å². The number of nitrogens with zero attached hydrogens (tertiary/aromatic N) is 1. The van der Waals surface area contributed by atoms with Gasteiger partial charge in [0.2, 0.25) is 5.91 Å². The van der Waals surface area contributed by atoms with Gasteiger partial charge in [-0.1, -0.05) is 20.3 Å². The molecule has 1 fully saturated rings. The van der Waals surface area contributed by atoms with Gasteiger partial charge in [-0.2, -0.15) is 0 Å². The monoisotopic (exact) mass is 214 g/mol. The third kappa shape index (κ3) is 2.69. The van der Waals surface area contributed by atoms with E-state index in [0.29, 0.717) is 0 Å². The minimum atomic E-state index is -0.415. The van der Waals surface area contributed by atoms with Gasteiger partial charge in [-0.3, -0.25) is 4.79 Å². The van der Waals surface area contributed by atoms with Crippen LogP contribution in [0.15, 0.2) is 0 Å². The van der Waals surface area contributed by atoms with Crippen molar-refractivity contribution in [3.05, 3.63) is 0 Å². The Morgan fingerprint density at radius 2 is 2.33 bits per heavy atom. The second-order valence-corrected chi connectivity index (χ2v) is 4.42. The lowest BCUT2D eigenvalue weighted by molar-refractivity contribution is -0.135. The molecule has 1 heterocycles. The Morgan fingerprint density at radius 3 is 2.87 bits per heavy atom. The number of likely N-dealkylation sites (tertiary alicyclic amines) is 1. The highest BCUT2D eigenvalue weighted by Crippen LogP contribution is 2.19. The zero-order chi connectivity index (χ0) is 11.4. The number of carbonyl (C=O) groups excluding carboxylic acids is 1. The van der Waals surface area contributed by atoms with Gasteiger partial charge in [0, 0.05) is 6.54 Å². The molecule has 0 bridgehead atoms. The molecule has 15 heavy (non-hydrogen) atoms. The van der Waals surface area contributed by atoms with Crippen molar-refractivity contribution in [2.24, 2.45) is 11.7 Å². The Bertz CT molecular complexity index is 221. The van der Waals surface area contributed by atoms with E-state index in [4.69, 9.17) is 10.8 Å². The quantitative estimate of drug-likeness (QED) is 0.709. The van der Waals surface area contributed by atoms with Crippen LogP contribution in [0.4, 0.5) is 0 Å². The SMILES string of the molecule is CCC(C)C(N)C(=O)N1CCC[C@H]1CO. The molecule has 0 aromatic carbocycles. The van der Waals surface area contributed by atoms with Gasteiger partial charge in [0.25, 0.3) is 0 Å². The van der Waals surface area contributed by atoms with Crippen LogP contribution in [0.3, 0.4) is 0 Å². The molecular weight excluding hydrogens is 192 g/mol. The summed E-state index contributed by atoms with van der Waals surface area (Å²) in [6.45, 7) is 4.82. The summed E-state index contributed by atoms with van der Waals surface area (Å²) in [5.74, 6) is 0.207. The number of hydrogen-bond donors (Lipinski definition) is 2. The van der Waals surface area contributed by atoms with Crippen molar-refractivity contribution in [2.45, 2.75) is 45.2 Å². The van der Waals surface area contributed by atoms with Crippen molar-refractivity contribution < 1.29 is 9.90 Å². The predicted octanol–water partition coefficient (Wildman–Crippen LogP) is 0.343. The van der Waals surface area contributed by atoms with Crippen molar-refractivity contribution >= 4 is 5.91 Å². The average Bonchev–Trinajstić information content (AvgIpc) is 2.73. The van der Waals surface area contributed by atoms with Crippen LogP contribution in [0.2, 0.25) is 0 Å². The van der Waals surface area contributed by atoms with Crippen LogP contribution in [0.5, 0.6) is 0 Å². The van der Waals surface area contributed by atoms with Gasteiger partial charge < -0.3 is 15.7 Å². The molecule has 0 radical (unpaired) electrons. The lowest BCUT2D eigenvalue weighted by Gasteiger charge is -2.28. The first-order valence-electron chi connectivity index (χ1n) is 5.78. The molecule has 3 N–H and O–H groups in total. The summed E-state index contributed by atoms with van der Waals surface area (Å²) >= 11 is 0. The first kappa shape index (κ1) is 12.5. The fourth-order valence-electron chi connectivity index (χ4n) is 2.00. The number of rotatable bonds is 4. The van der Waals surface area contributed by atoms with Gasteiger partial charge in [-0.05, 0) is 18.8 Å². The maximum atomic E-state index is 12.0. The second-order valence-electron chi connectivity index (χ2n) is 4.42. The van der Waals surface area contributed by atoms with E-state index in [1.54, 1.807) is 4.90 Å². The minimum Gasteiger partial charge on any atom is -0.394 e.